The number of aryl methyl sites for hydroxylation is 1. The van der Waals surface area contributed by atoms with Gasteiger partial charge in [0.2, 0.25) is 5.95 Å². The van der Waals surface area contributed by atoms with Crippen molar-refractivity contribution >= 4 is 11.6 Å². The monoisotopic (exact) mass is 311 g/mol. The van der Waals surface area contributed by atoms with Crippen molar-refractivity contribution < 1.29 is 13.2 Å². The molecular weight excluding hydrogens is 295 g/mol. The number of benzene rings is 1. The quantitative estimate of drug-likeness (QED) is 0.881. The van der Waals surface area contributed by atoms with E-state index in [1.807, 2.05) is 6.92 Å². The van der Waals surface area contributed by atoms with Gasteiger partial charge in [-0.15, -0.1) is 0 Å². The van der Waals surface area contributed by atoms with E-state index in [0.717, 1.165) is 25.0 Å². The number of aromatic amines is 1. The van der Waals surface area contributed by atoms with Crippen LogP contribution in [0.4, 0.5) is 24.8 Å². The highest BCUT2D eigenvalue weighted by Crippen LogP contribution is 2.30. The number of aromatic nitrogens is 2. The number of nitrogens with zero attached hydrogens (tertiary/aromatic N) is 1. The molecule has 0 unspecified atom stereocenters. The molecule has 0 saturated carbocycles. The van der Waals surface area contributed by atoms with E-state index in [4.69, 9.17) is 0 Å². The van der Waals surface area contributed by atoms with Gasteiger partial charge in [-0.1, -0.05) is 13.3 Å². The lowest BCUT2D eigenvalue weighted by molar-refractivity contribution is -0.137. The zero-order valence-electron chi connectivity index (χ0n) is 12.0. The van der Waals surface area contributed by atoms with Gasteiger partial charge in [0, 0.05) is 17.4 Å². The largest absolute Gasteiger partial charge is 0.416 e. The third kappa shape index (κ3) is 4.34. The van der Waals surface area contributed by atoms with Crippen LogP contribution in [0.15, 0.2) is 35.1 Å². The van der Waals surface area contributed by atoms with Crippen LogP contribution < -0.4 is 10.9 Å². The second kappa shape index (κ2) is 6.64. The molecule has 0 spiro atoms. The number of anilines is 2. The van der Waals surface area contributed by atoms with Gasteiger partial charge in [0.25, 0.3) is 5.56 Å². The van der Waals surface area contributed by atoms with Crippen LogP contribution in [0.5, 0.6) is 0 Å². The molecule has 22 heavy (non-hydrogen) atoms. The minimum Gasteiger partial charge on any atom is -0.326 e. The third-order valence-electron chi connectivity index (χ3n) is 3.06. The molecule has 0 radical (unpaired) electrons. The summed E-state index contributed by atoms with van der Waals surface area (Å²) in [6.07, 6.45) is -1.79. The number of nitrogens with one attached hydrogen (secondary N) is 2. The van der Waals surface area contributed by atoms with Crippen molar-refractivity contribution in [1.29, 1.82) is 0 Å². The molecule has 0 aliphatic carbocycles. The first-order valence-electron chi connectivity index (χ1n) is 6.93. The van der Waals surface area contributed by atoms with Crippen molar-refractivity contribution in [1.82, 2.24) is 9.97 Å². The standard InChI is InChI=1S/C15H16F3N3O/c1-2-3-4-12-9-13(22)21-14(20-12)19-11-7-5-10(6-8-11)15(16,17)18/h5-9H,2-4H2,1H3,(H2,19,20,21,22). The van der Waals surface area contributed by atoms with Crippen molar-refractivity contribution in [3.63, 3.8) is 0 Å². The first kappa shape index (κ1) is 16.1. The molecule has 2 rings (SSSR count). The number of halogens is 3. The summed E-state index contributed by atoms with van der Waals surface area (Å²) in [4.78, 5) is 18.3. The summed E-state index contributed by atoms with van der Waals surface area (Å²) < 4.78 is 37.5. The molecule has 1 aromatic heterocycles. The molecule has 2 aromatic rings. The van der Waals surface area contributed by atoms with Crippen molar-refractivity contribution in [2.24, 2.45) is 0 Å². The number of alkyl halides is 3. The Morgan fingerprint density at radius 3 is 2.50 bits per heavy atom. The third-order valence-corrected chi connectivity index (χ3v) is 3.06. The van der Waals surface area contributed by atoms with E-state index in [0.29, 0.717) is 17.8 Å². The van der Waals surface area contributed by atoms with Crippen LogP contribution in [0.2, 0.25) is 0 Å². The number of unbranched alkanes of at least 4 members (excludes halogenated alkanes) is 1. The molecule has 0 saturated heterocycles. The highest BCUT2D eigenvalue weighted by Gasteiger charge is 2.29. The molecule has 0 amide bonds. The Labute approximate surface area is 125 Å². The van der Waals surface area contributed by atoms with Gasteiger partial charge < -0.3 is 5.32 Å². The van der Waals surface area contributed by atoms with E-state index >= 15 is 0 Å². The number of hydrogen-bond acceptors (Lipinski definition) is 3. The van der Waals surface area contributed by atoms with Crippen LogP contribution in [-0.2, 0) is 12.6 Å². The predicted molar refractivity (Wildman–Crippen MR) is 78.2 cm³/mol. The fourth-order valence-electron chi connectivity index (χ4n) is 1.93. The van der Waals surface area contributed by atoms with Gasteiger partial charge in [-0.25, -0.2) is 4.98 Å². The first-order valence-corrected chi connectivity index (χ1v) is 6.93. The number of hydrogen-bond donors (Lipinski definition) is 2. The van der Waals surface area contributed by atoms with Gasteiger partial charge >= 0.3 is 6.18 Å². The maximum absolute atomic E-state index is 12.5. The van der Waals surface area contributed by atoms with E-state index in [-0.39, 0.29) is 11.5 Å². The van der Waals surface area contributed by atoms with Gasteiger partial charge in [0.15, 0.2) is 0 Å². The maximum atomic E-state index is 12.5. The lowest BCUT2D eigenvalue weighted by Crippen LogP contribution is -2.12. The molecule has 1 aromatic carbocycles. The van der Waals surface area contributed by atoms with Gasteiger partial charge in [0.1, 0.15) is 0 Å². The number of rotatable bonds is 5. The Morgan fingerprint density at radius 1 is 1.23 bits per heavy atom. The summed E-state index contributed by atoms with van der Waals surface area (Å²) in [6.45, 7) is 2.04. The Bertz CT molecular complexity index is 678. The lowest BCUT2D eigenvalue weighted by Gasteiger charge is -2.09. The van der Waals surface area contributed by atoms with Crippen LogP contribution in [0.1, 0.15) is 31.0 Å². The minimum absolute atomic E-state index is 0.221. The topological polar surface area (TPSA) is 57.8 Å². The van der Waals surface area contributed by atoms with E-state index < -0.39 is 11.7 Å². The fourth-order valence-corrected chi connectivity index (χ4v) is 1.93. The molecule has 1 heterocycles. The van der Waals surface area contributed by atoms with Gasteiger partial charge in [-0.3, -0.25) is 9.78 Å². The molecule has 0 fully saturated rings. The average molecular weight is 311 g/mol. The SMILES string of the molecule is CCCCc1cc(=O)[nH]c(Nc2ccc(C(F)(F)F)cc2)n1. The summed E-state index contributed by atoms with van der Waals surface area (Å²) in [5, 5.41) is 2.81. The summed E-state index contributed by atoms with van der Waals surface area (Å²) in [7, 11) is 0. The summed E-state index contributed by atoms with van der Waals surface area (Å²) in [5.41, 5.74) is 0.0514. The van der Waals surface area contributed by atoms with Crippen LogP contribution in [0.3, 0.4) is 0 Å². The first-order chi connectivity index (χ1) is 10.4. The second-order valence-corrected chi connectivity index (χ2v) is 4.89. The van der Waals surface area contributed by atoms with Crippen LogP contribution >= 0.6 is 0 Å². The zero-order valence-corrected chi connectivity index (χ0v) is 12.0. The molecule has 118 valence electrons. The molecule has 2 N–H and O–H groups in total. The van der Waals surface area contributed by atoms with Crippen LogP contribution in [-0.4, -0.2) is 9.97 Å². The second-order valence-electron chi connectivity index (χ2n) is 4.89. The van der Waals surface area contributed by atoms with Crippen molar-refractivity contribution in [2.75, 3.05) is 5.32 Å². The highest BCUT2D eigenvalue weighted by molar-refractivity contribution is 5.53. The number of H-pyrrole nitrogens is 1. The fraction of sp³-hybridized carbons (Fsp3) is 0.333. The normalized spacial score (nSPS) is 11.5. The smallest absolute Gasteiger partial charge is 0.326 e. The molecule has 0 aliphatic rings. The van der Waals surface area contributed by atoms with E-state index in [9.17, 15) is 18.0 Å². The minimum atomic E-state index is -4.37. The molecule has 4 nitrogen and oxygen atoms in total. The summed E-state index contributed by atoms with van der Waals surface area (Å²) in [6, 6.07) is 5.96. The Balaban J connectivity index is 2.16. The zero-order chi connectivity index (χ0) is 16.2. The molecule has 7 heteroatoms. The van der Waals surface area contributed by atoms with Crippen molar-refractivity contribution in [3.8, 4) is 0 Å². The van der Waals surface area contributed by atoms with E-state index in [1.165, 1.54) is 18.2 Å². The van der Waals surface area contributed by atoms with Crippen LogP contribution in [0, 0.1) is 0 Å². The predicted octanol–water partition coefficient (Wildman–Crippen LogP) is 3.87. The van der Waals surface area contributed by atoms with Gasteiger partial charge in [0.05, 0.1) is 5.56 Å². The summed E-state index contributed by atoms with van der Waals surface area (Å²) >= 11 is 0. The Hall–Kier alpha value is -2.31. The average Bonchev–Trinajstić information content (AvgIpc) is 2.44. The Kier molecular flexibility index (Phi) is 4.85. The maximum Gasteiger partial charge on any atom is 0.416 e. The van der Waals surface area contributed by atoms with E-state index in [1.54, 1.807) is 0 Å². The van der Waals surface area contributed by atoms with Crippen molar-refractivity contribution in [2.45, 2.75) is 32.4 Å². The summed E-state index contributed by atoms with van der Waals surface area (Å²) in [5.74, 6) is 0.221. The van der Waals surface area contributed by atoms with Crippen LogP contribution in [0.25, 0.3) is 0 Å². The molecular formula is C15H16F3N3O. The van der Waals surface area contributed by atoms with Gasteiger partial charge in [-0.05, 0) is 37.1 Å². The highest BCUT2D eigenvalue weighted by atomic mass is 19.4. The Morgan fingerprint density at radius 2 is 1.91 bits per heavy atom. The van der Waals surface area contributed by atoms with E-state index in [2.05, 4.69) is 15.3 Å². The molecule has 0 atom stereocenters. The molecule has 0 aliphatic heterocycles. The van der Waals surface area contributed by atoms with Gasteiger partial charge in [-0.2, -0.15) is 13.2 Å². The molecule has 0 bridgehead atoms. The van der Waals surface area contributed by atoms with Crippen molar-refractivity contribution in [3.05, 3.63) is 51.9 Å². The lowest BCUT2D eigenvalue weighted by atomic mass is 10.2.